The van der Waals surface area contributed by atoms with E-state index in [1.54, 1.807) is 11.3 Å². The number of hydrogen-bond donors (Lipinski definition) is 1. The Hall–Kier alpha value is -1.62. The van der Waals surface area contributed by atoms with Gasteiger partial charge in [0.25, 0.3) is 0 Å². The Bertz CT molecular complexity index is 677. The standard InChI is InChI=1S/C15H17NO3S/c1-4-19-8-5-6-9-10(7-8)20-13(16-9)11-12(14(17)18)15(11,2)3/h5-7,11-12H,4H2,1-3H3,(H,17,18). The van der Waals surface area contributed by atoms with Crippen LogP contribution in [0.15, 0.2) is 18.2 Å². The van der Waals surface area contributed by atoms with Gasteiger partial charge in [-0.05, 0) is 30.5 Å². The summed E-state index contributed by atoms with van der Waals surface area (Å²) in [5.41, 5.74) is 0.711. The first kappa shape index (κ1) is 13.4. The largest absolute Gasteiger partial charge is 0.494 e. The van der Waals surface area contributed by atoms with Crippen molar-refractivity contribution in [2.75, 3.05) is 6.61 Å². The predicted molar refractivity (Wildman–Crippen MR) is 78.4 cm³/mol. The monoisotopic (exact) mass is 291 g/mol. The Balaban J connectivity index is 1.96. The zero-order valence-electron chi connectivity index (χ0n) is 11.7. The molecule has 0 bridgehead atoms. The quantitative estimate of drug-likeness (QED) is 0.936. The number of benzene rings is 1. The van der Waals surface area contributed by atoms with E-state index in [9.17, 15) is 9.90 Å². The first-order valence-corrected chi connectivity index (χ1v) is 7.53. The highest BCUT2D eigenvalue weighted by molar-refractivity contribution is 7.18. The van der Waals surface area contributed by atoms with Crippen molar-refractivity contribution in [3.05, 3.63) is 23.2 Å². The van der Waals surface area contributed by atoms with Crippen LogP contribution in [0.2, 0.25) is 0 Å². The number of nitrogens with zero attached hydrogens (tertiary/aromatic N) is 1. The molecule has 2 unspecified atom stereocenters. The summed E-state index contributed by atoms with van der Waals surface area (Å²) in [5, 5.41) is 10.2. The molecular weight excluding hydrogens is 274 g/mol. The van der Waals surface area contributed by atoms with Gasteiger partial charge in [-0.2, -0.15) is 0 Å². The van der Waals surface area contributed by atoms with Crippen LogP contribution in [-0.2, 0) is 4.79 Å². The highest BCUT2D eigenvalue weighted by atomic mass is 32.1. The van der Waals surface area contributed by atoms with Gasteiger partial charge in [0.2, 0.25) is 0 Å². The Morgan fingerprint density at radius 1 is 1.50 bits per heavy atom. The molecule has 1 heterocycles. The van der Waals surface area contributed by atoms with E-state index in [0.29, 0.717) is 6.61 Å². The fourth-order valence-electron chi connectivity index (χ4n) is 2.87. The molecule has 5 heteroatoms. The molecule has 1 aromatic heterocycles. The zero-order chi connectivity index (χ0) is 14.5. The van der Waals surface area contributed by atoms with Crippen LogP contribution in [0.5, 0.6) is 5.75 Å². The van der Waals surface area contributed by atoms with E-state index in [2.05, 4.69) is 4.98 Å². The predicted octanol–water partition coefficient (Wildman–Crippen LogP) is 3.52. The fourth-order valence-corrected chi connectivity index (χ4v) is 4.20. The molecule has 0 radical (unpaired) electrons. The normalized spacial score (nSPS) is 23.8. The number of ether oxygens (including phenoxy) is 1. The summed E-state index contributed by atoms with van der Waals surface area (Å²) in [5.74, 6) is -0.198. The van der Waals surface area contributed by atoms with E-state index in [1.165, 1.54) is 0 Å². The van der Waals surface area contributed by atoms with Crippen LogP contribution in [0.3, 0.4) is 0 Å². The van der Waals surface area contributed by atoms with Gasteiger partial charge in [0, 0.05) is 5.92 Å². The van der Waals surface area contributed by atoms with Crippen molar-refractivity contribution in [1.29, 1.82) is 0 Å². The molecule has 1 aliphatic rings. The smallest absolute Gasteiger partial charge is 0.307 e. The maximum Gasteiger partial charge on any atom is 0.307 e. The number of carbonyl (C=O) groups is 1. The van der Waals surface area contributed by atoms with Gasteiger partial charge in [0.1, 0.15) is 5.75 Å². The van der Waals surface area contributed by atoms with E-state index in [0.717, 1.165) is 21.0 Å². The van der Waals surface area contributed by atoms with Crippen molar-refractivity contribution in [1.82, 2.24) is 4.98 Å². The fraction of sp³-hybridized carbons (Fsp3) is 0.467. The van der Waals surface area contributed by atoms with Crippen molar-refractivity contribution in [3.8, 4) is 5.75 Å². The number of fused-ring (bicyclic) bond motifs is 1. The number of thiazole rings is 1. The minimum Gasteiger partial charge on any atom is -0.494 e. The van der Waals surface area contributed by atoms with Gasteiger partial charge in [-0.1, -0.05) is 13.8 Å². The second-order valence-electron chi connectivity index (χ2n) is 5.73. The van der Waals surface area contributed by atoms with Crippen LogP contribution in [-0.4, -0.2) is 22.7 Å². The van der Waals surface area contributed by atoms with Gasteiger partial charge < -0.3 is 9.84 Å². The zero-order valence-corrected chi connectivity index (χ0v) is 12.5. The third kappa shape index (κ3) is 1.97. The number of aliphatic carboxylic acids is 1. The molecule has 4 nitrogen and oxygen atoms in total. The summed E-state index contributed by atoms with van der Waals surface area (Å²) in [7, 11) is 0. The second-order valence-corrected chi connectivity index (χ2v) is 6.79. The molecular formula is C15H17NO3S. The molecule has 20 heavy (non-hydrogen) atoms. The topological polar surface area (TPSA) is 59.4 Å². The molecule has 2 atom stereocenters. The van der Waals surface area contributed by atoms with Crippen LogP contribution in [0, 0.1) is 11.3 Å². The van der Waals surface area contributed by atoms with Gasteiger partial charge >= 0.3 is 5.97 Å². The highest BCUT2D eigenvalue weighted by Gasteiger charge is 2.64. The van der Waals surface area contributed by atoms with Gasteiger partial charge in [-0.3, -0.25) is 4.79 Å². The molecule has 1 aromatic carbocycles. The van der Waals surface area contributed by atoms with Crippen molar-refractivity contribution in [2.24, 2.45) is 11.3 Å². The lowest BCUT2D eigenvalue weighted by Crippen LogP contribution is -2.03. The van der Waals surface area contributed by atoms with Crippen LogP contribution in [0.4, 0.5) is 0 Å². The van der Waals surface area contributed by atoms with Crippen molar-refractivity contribution in [3.63, 3.8) is 0 Å². The number of carboxylic acid groups (broad SMARTS) is 1. The molecule has 3 rings (SSSR count). The molecule has 0 amide bonds. The summed E-state index contributed by atoms with van der Waals surface area (Å²) in [6.07, 6.45) is 0. The van der Waals surface area contributed by atoms with Gasteiger partial charge in [-0.25, -0.2) is 4.98 Å². The maximum absolute atomic E-state index is 11.3. The minimum atomic E-state index is -0.728. The lowest BCUT2D eigenvalue weighted by Gasteiger charge is -2.00. The third-order valence-electron chi connectivity index (χ3n) is 4.05. The maximum atomic E-state index is 11.3. The van der Waals surface area contributed by atoms with Gasteiger partial charge in [-0.15, -0.1) is 11.3 Å². The molecule has 2 aromatic rings. The number of hydrogen-bond acceptors (Lipinski definition) is 4. The summed E-state index contributed by atoms with van der Waals surface area (Å²) >= 11 is 1.58. The summed E-state index contributed by atoms with van der Waals surface area (Å²) in [6, 6.07) is 5.82. The van der Waals surface area contributed by atoms with Crippen molar-refractivity contribution < 1.29 is 14.6 Å². The molecule has 0 spiro atoms. The molecule has 1 aliphatic carbocycles. The average molecular weight is 291 g/mol. The van der Waals surface area contributed by atoms with E-state index in [-0.39, 0.29) is 17.3 Å². The minimum absolute atomic E-state index is 0.0212. The molecule has 0 saturated heterocycles. The first-order chi connectivity index (χ1) is 9.45. The molecule has 1 N–H and O–H groups in total. The number of aromatic nitrogens is 1. The van der Waals surface area contributed by atoms with Crippen LogP contribution in [0.25, 0.3) is 10.2 Å². The molecule has 1 saturated carbocycles. The number of carboxylic acids is 1. The van der Waals surface area contributed by atoms with Gasteiger partial charge in [0.05, 0.1) is 27.7 Å². The molecule has 1 fully saturated rings. The van der Waals surface area contributed by atoms with Crippen LogP contribution in [0.1, 0.15) is 31.7 Å². The molecule has 0 aliphatic heterocycles. The average Bonchev–Trinajstić information content (AvgIpc) is 2.77. The number of rotatable bonds is 4. The van der Waals surface area contributed by atoms with E-state index in [1.807, 2.05) is 39.0 Å². The first-order valence-electron chi connectivity index (χ1n) is 6.71. The van der Waals surface area contributed by atoms with Crippen molar-refractivity contribution in [2.45, 2.75) is 26.7 Å². The summed E-state index contributed by atoms with van der Waals surface area (Å²) < 4.78 is 6.54. The van der Waals surface area contributed by atoms with E-state index in [4.69, 9.17) is 4.74 Å². The third-order valence-corrected chi connectivity index (χ3v) is 5.15. The van der Waals surface area contributed by atoms with Crippen LogP contribution < -0.4 is 4.74 Å². The second kappa shape index (κ2) is 4.45. The Morgan fingerprint density at radius 2 is 2.25 bits per heavy atom. The lowest BCUT2D eigenvalue weighted by molar-refractivity contribution is -0.139. The van der Waals surface area contributed by atoms with Crippen molar-refractivity contribution >= 4 is 27.5 Å². The Morgan fingerprint density at radius 3 is 2.85 bits per heavy atom. The Kier molecular flexibility index (Phi) is 2.97. The van der Waals surface area contributed by atoms with Crippen LogP contribution >= 0.6 is 11.3 Å². The highest BCUT2D eigenvalue weighted by Crippen LogP contribution is 2.65. The Labute approximate surface area is 121 Å². The molecule has 106 valence electrons. The lowest BCUT2D eigenvalue weighted by atomic mass is 10.1. The summed E-state index contributed by atoms with van der Waals surface area (Å²) in [6.45, 7) is 6.57. The summed E-state index contributed by atoms with van der Waals surface area (Å²) in [4.78, 5) is 15.9. The van der Waals surface area contributed by atoms with E-state index < -0.39 is 5.97 Å². The van der Waals surface area contributed by atoms with E-state index >= 15 is 0 Å². The SMILES string of the molecule is CCOc1ccc2nc(C3C(C(=O)O)C3(C)C)sc2c1. The van der Waals surface area contributed by atoms with Gasteiger partial charge in [0.15, 0.2) is 0 Å².